The van der Waals surface area contributed by atoms with Crippen LogP contribution in [0.1, 0.15) is 18.1 Å². The molecule has 2 rings (SSSR count). The molecule has 27 heavy (non-hydrogen) atoms. The maximum atomic E-state index is 11.3. The van der Waals surface area contributed by atoms with Crippen molar-refractivity contribution in [3.05, 3.63) is 56.1 Å². The summed E-state index contributed by atoms with van der Waals surface area (Å²) in [6.45, 7) is 2.68. The van der Waals surface area contributed by atoms with Crippen LogP contribution in [0.4, 0.5) is 0 Å². The molecule has 0 radical (unpaired) electrons. The van der Waals surface area contributed by atoms with Crippen molar-refractivity contribution >= 4 is 46.4 Å². The SMILES string of the molecule is CCOc1cc(/C=N\NCc2ccccc2Cl)cc(I)c1OCC(=O)OC. The molecule has 1 N–H and O–H groups in total. The van der Waals surface area contributed by atoms with Crippen LogP contribution < -0.4 is 14.9 Å². The summed E-state index contributed by atoms with van der Waals surface area (Å²) in [6, 6.07) is 11.3. The van der Waals surface area contributed by atoms with Gasteiger partial charge in [-0.1, -0.05) is 29.8 Å². The number of halogens is 2. The predicted octanol–water partition coefficient (Wildman–Crippen LogP) is 4.02. The van der Waals surface area contributed by atoms with Gasteiger partial charge in [0.15, 0.2) is 18.1 Å². The van der Waals surface area contributed by atoms with Crippen LogP contribution >= 0.6 is 34.2 Å². The lowest BCUT2D eigenvalue weighted by Crippen LogP contribution is -2.14. The monoisotopic (exact) mass is 502 g/mol. The second-order valence-corrected chi connectivity index (χ2v) is 6.88. The molecule has 6 nitrogen and oxygen atoms in total. The molecule has 0 bridgehead atoms. The third-order valence-electron chi connectivity index (χ3n) is 3.43. The van der Waals surface area contributed by atoms with Gasteiger partial charge in [0.1, 0.15) is 0 Å². The zero-order chi connectivity index (χ0) is 19.6. The van der Waals surface area contributed by atoms with Crippen molar-refractivity contribution in [1.82, 2.24) is 5.43 Å². The highest BCUT2D eigenvalue weighted by molar-refractivity contribution is 14.1. The molecule has 0 unspecified atom stereocenters. The third-order valence-corrected chi connectivity index (χ3v) is 4.60. The molecule has 0 aromatic heterocycles. The van der Waals surface area contributed by atoms with E-state index in [-0.39, 0.29) is 6.61 Å². The maximum Gasteiger partial charge on any atom is 0.343 e. The van der Waals surface area contributed by atoms with E-state index in [2.05, 4.69) is 37.9 Å². The van der Waals surface area contributed by atoms with E-state index in [0.717, 1.165) is 14.7 Å². The number of nitrogens with one attached hydrogen (secondary N) is 1. The van der Waals surface area contributed by atoms with Gasteiger partial charge in [-0.05, 0) is 58.8 Å². The van der Waals surface area contributed by atoms with Crippen LogP contribution in [-0.2, 0) is 16.1 Å². The Morgan fingerprint density at radius 2 is 2.07 bits per heavy atom. The summed E-state index contributed by atoms with van der Waals surface area (Å²) in [4.78, 5) is 11.3. The van der Waals surface area contributed by atoms with E-state index in [1.54, 1.807) is 12.3 Å². The summed E-state index contributed by atoms with van der Waals surface area (Å²) >= 11 is 8.25. The Bertz CT molecular complexity index is 814. The van der Waals surface area contributed by atoms with Crippen molar-refractivity contribution < 1.29 is 19.0 Å². The zero-order valence-corrected chi connectivity index (χ0v) is 17.9. The summed E-state index contributed by atoms with van der Waals surface area (Å²) in [5.41, 5.74) is 4.77. The average Bonchev–Trinajstić information content (AvgIpc) is 2.66. The van der Waals surface area contributed by atoms with E-state index in [9.17, 15) is 4.79 Å². The fraction of sp³-hybridized carbons (Fsp3) is 0.263. The van der Waals surface area contributed by atoms with Crippen molar-refractivity contribution in [2.75, 3.05) is 20.3 Å². The van der Waals surface area contributed by atoms with E-state index >= 15 is 0 Å². The number of rotatable bonds is 9. The molecule has 0 fully saturated rings. The van der Waals surface area contributed by atoms with Gasteiger partial charge in [0.25, 0.3) is 0 Å². The van der Waals surface area contributed by atoms with E-state index in [1.807, 2.05) is 37.3 Å². The van der Waals surface area contributed by atoms with Gasteiger partial charge in [-0.2, -0.15) is 5.10 Å². The van der Waals surface area contributed by atoms with Gasteiger partial charge in [-0.15, -0.1) is 0 Å². The van der Waals surface area contributed by atoms with Gasteiger partial charge >= 0.3 is 5.97 Å². The van der Waals surface area contributed by atoms with E-state index in [4.69, 9.17) is 21.1 Å². The van der Waals surface area contributed by atoms with Crippen LogP contribution in [0.5, 0.6) is 11.5 Å². The molecule has 0 heterocycles. The number of hydrogen-bond acceptors (Lipinski definition) is 6. The highest BCUT2D eigenvalue weighted by Crippen LogP contribution is 2.34. The Kier molecular flexibility index (Phi) is 8.66. The second-order valence-electron chi connectivity index (χ2n) is 5.31. The van der Waals surface area contributed by atoms with Crippen LogP contribution in [0.3, 0.4) is 0 Å². The number of hydrogen-bond donors (Lipinski definition) is 1. The lowest BCUT2D eigenvalue weighted by Gasteiger charge is -2.14. The van der Waals surface area contributed by atoms with Gasteiger partial charge in [-0.25, -0.2) is 4.79 Å². The minimum Gasteiger partial charge on any atom is -0.490 e. The van der Waals surface area contributed by atoms with Gasteiger partial charge in [0.05, 0.1) is 30.0 Å². The van der Waals surface area contributed by atoms with Gasteiger partial charge < -0.3 is 19.6 Å². The minimum atomic E-state index is -0.456. The number of ether oxygens (including phenoxy) is 3. The largest absolute Gasteiger partial charge is 0.490 e. The van der Waals surface area contributed by atoms with Crippen LogP contribution in [0.15, 0.2) is 41.5 Å². The van der Waals surface area contributed by atoms with Crippen LogP contribution in [0, 0.1) is 3.57 Å². The van der Waals surface area contributed by atoms with E-state index in [0.29, 0.717) is 29.7 Å². The first-order valence-corrected chi connectivity index (χ1v) is 9.66. The van der Waals surface area contributed by atoms with Gasteiger partial charge in [0.2, 0.25) is 0 Å². The molecule has 2 aromatic rings. The van der Waals surface area contributed by atoms with Gasteiger partial charge in [-0.3, -0.25) is 0 Å². The van der Waals surface area contributed by atoms with E-state index < -0.39 is 5.97 Å². The quantitative estimate of drug-likeness (QED) is 0.243. The summed E-state index contributed by atoms with van der Waals surface area (Å²) in [6.07, 6.45) is 1.69. The minimum absolute atomic E-state index is 0.181. The molecule has 0 aliphatic heterocycles. The lowest BCUT2D eigenvalue weighted by molar-refractivity contribution is -0.142. The molecule has 144 valence electrons. The molecule has 2 aromatic carbocycles. The number of benzene rings is 2. The highest BCUT2D eigenvalue weighted by atomic mass is 127. The molecule has 0 saturated heterocycles. The number of esters is 1. The Labute approximate surface area is 177 Å². The molecule has 0 saturated carbocycles. The number of nitrogens with zero attached hydrogens (tertiary/aromatic N) is 1. The molecule has 0 aliphatic carbocycles. The summed E-state index contributed by atoms with van der Waals surface area (Å²) in [5, 5.41) is 4.92. The molecule has 8 heteroatoms. The maximum absolute atomic E-state index is 11.3. The topological polar surface area (TPSA) is 69.1 Å². The molecular weight excluding hydrogens is 483 g/mol. The van der Waals surface area contributed by atoms with Crippen molar-refractivity contribution in [3.63, 3.8) is 0 Å². The third kappa shape index (κ3) is 6.59. The summed E-state index contributed by atoms with van der Waals surface area (Å²) < 4.78 is 16.6. The van der Waals surface area contributed by atoms with Crippen molar-refractivity contribution in [2.45, 2.75) is 13.5 Å². The first-order valence-electron chi connectivity index (χ1n) is 8.20. The first-order chi connectivity index (χ1) is 13.0. The number of hydrazone groups is 1. The smallest absolute Gasteiger partial charge is 0.343 e. The number of carbonyl (C=O) groups is 1. The molecule has 0 amide bonds. The van der Waals surface area contributed by atoms with Crippen LogP contribution in [0.25, 0.3) is 0 Å². The van der Waals surface area contributed by atoms with Crippen LogP contribution in [0.2, 0.25) is 5.02 Å². The predicted molar refractivity (Wildman–Crippen MR) is 114 cm³/mol. The van der Waals surface area contributed by atoms with Crippen molar-refractivity contribution in [2.24, 2.45) is 5.10 Å². The second kappa shape index (κ2) is 11.0. The van der Waals surface area contributed by atoms with Crippen molar-refractivity contribution in [3.8, 4) is 11.5 Å². The molecule has 0 spiro atoms. The number of methoxy groups -OCH3 is 1. The Morgan fingerprint density at radius 1 is 1.30 bits per heavy atom. The standard InChI is InChI=1S/C19H20ClIN2O4/c1-3-26-17-9-13(8-16(21)19(17)27-12-18(24)25-2)10-22-23-11-14-6-4-5-7-15(14)20/h4-10,23H,3,11-12H2,1-2H3/b22-10-. The Hall–Kier alpha value is -2.00. The fourth-order valence-corrected chi connectivity index (χ4v) is 3.13. The lowest BCUT2D eigenvalue weighted by atomic mass is 10.2. The summed E-state index contributed by atoms with van der Waals surface area (Å²) in [5.74, 6) is 0.590. The molecule has 0 aliphatic rings. The Morgan fingerprint density at radius 3 is 2.78 bits per heavy atom. The van der Waals surface area contributed by atoms with Crippen molar-refractivity contribution in [1.29, 1.82) is 0 Å². The fourth-order valence-electron chi connectivity index (χ4n) is 2.15. The average molecular weight is 503 g/mol. The summed E-state index contributed by atoms with van der Waals surface area (Å²) in [7, 11) is 1.31. The Balaban J connectivity index is 2.08. The normalized spacial score (nSPS) is 10.7. The van der Waals surface area contributed by atoms with Crippen LogP contribution in [-0.4, -0.2) is 32.5 Å². The zero-order valence-electron chi connectivity index (χ0n) is 15.0. The molecular formula is C19H20ClIN2O4. The number of carbonyl (C=O) groups excluding carboxylic acids is 1. The van der Waals surface area contributed by atoms with E-state index in [1.165, 1.54) is 7.11 Å². The first kappa shape index (κ1) is 21.3. The highest BCUT2D eigenvalue weighted by Gasteiger charge is 2.13. The molecule has 0 atom stereocenters. The van der Waals surface area contributed by atoms with Gasteiger partial charge in [0, 0.05) is 5.02 Å².